The van der Waals surface area contributed by atoms with Crippen molar-refractivity contribution >= 4 is 27.3 Å². The van der Waals surface area contributed by atoms with Crippen LogP contribution in [-0.2, 0) is 6.42 Å². The summed E-state index contributed by atoms with van der Waals surface area (Å²) in [5, 5.41) is 4.27. The molecule has 0 saturated heterocycles. The predicted octanol–water partition coefficient (Wildman–Crippen LogP) is 4.75. The van der Waals surface area contributed by atoms with E-state index in [1.165, 1.54) is 21.2 Å². The average Bonchev–Trinajstić information content (AvgIpc) is 2.79. The fourth-order valence-corrected chi connectivity index (χ4v) is 2.64. The lowest BCUT2D eigenvalue weighted by atomic mass is 10.1. The number of rotatable bonds is 4. The van der Waals surface area contributed by atoms with Gasteiger partial charge in [0.2, 0.25) is 0 Å². The van der Waals surface area contributed by atoms with Gasteiger partial charge < -0.3 is 4.74 Å². The summed E-state index contributed by atoms with van der Waals surface area (Å²) in [7, 11) is 0. The van der Waals surface area contributed by atoms with E-state index in [-0.39, 0.29) is 0 Å². The van der Waals surface area contributed by atoms with E-state index in [4.69, 9.17) is 4.74 Å². The van der Waals surface area contributed by atoms with Crippen molar-refractivity contribution in [2.75, 3.05) is 6.61 Å². The monoisotopic (exact) mass is 310 g/mol. The van der Waals surface area contributed by atoms with Gasteiger partial charge in [0, 0.05) is 10.9 Å². The van der Waals surface area contributed by atoms with Crippen LogP contribution in [0.5, 0.6) is 5.75 Å². The van der Waals surface area contributed by atoms with Crippen LogP contribution in [0, 0.1) is 13.8 Å². The Bertz CT molecular complexity index is 468. The zero-order valence-electron chi connectivity index (χ0n) is 10.00. The van der Waals surface area contributed by atoms with Gasteiger partial charge in [0.05, 0.1) is 6.61 Å². The molecule has 0 N–H and O–H groups in total. The van der Waals surface area contributed by atoms with Gasteiger partial charge in [0.25, 0.3) is 0 Å². The van der Waals surface area contributed by atoms with Crippen molar-refractivity contribution in [3.05, 3.63) is 50.1 Å². The van der Waals surface area contributed by atoms with Crippen molar-refractivity contribution in [3.63, 3.8) is 0 Å². The molecule has 1 aromatic heterocycles. The molecule has 0 aliphatic heterocycles. The fourth-order valence-electron chi connectivity index (χ4n) is 1.71. The van der Waals surface area contributed by atoms with Gasteiger partial charge in [-0.3, -0.25) is 0 Å². The second-order valence-electron chi connectivity index (χ2n) is 4.10. The SMILES string of the molecule is Cc1cc(OCCc2ccsc2)cc(C)c1Br. The molecule has 0 amide bonds. The Morgan fingerprint density at radius 1 is 1.24 bits per heavy atom. The lowest BCUT2D eigenvalue weighted by molar-refractivity contribution is 0.321. The van der Waals surface area contributed by atoms with Gasteiger partial charge in [0.15, 0.2) is 0 Å². The minimum atomic E-state index is 0.733. The number of halogens is 1. The van der Waals surface area contributed by atoms with Crippen LogP contribution in [0.4, 0.5) is 0 Å². The summed E-state index contributed by atoms with van der Waals surface area (Å²) in [6.45, 7) is 4.91. The molecule has 0 unspecified atom stereocenters. The maximum atomic E-state index is 5.78. The minimum Gasteiger partial charge on any atom is -0.493 e. The number of ether oxygens (including phenoxy) is 1. The second-order valence-corrected chi connectivity index (χ2v) is 5.67. The van der Waals surface area contributed by atoms with Crippen molar-refractivity contribution in [1.82, 2.24) is 0 Å². The third kappa shape index (κ3) is 3.33. The fraction of sp³-hybridized carbons (Fsp3) is 0.286. The molecule has 0 aliphatic rings. The van der Waals surface area contributed by atoms with E-state index in [9.17, 15) is 0 Å². The van der Waals surface area contributed by atoms with Crippen molar-refractivity contribution in [2.45, 2.75) is 20.3 Å². The summed E-state index contributed by atoms with van der Waals surface area (Å²) < 4.78 is 6.95. The molecule has 0 spiro atoms. The van der Waals surface area contributed by atoms with E-state index in [2.05, 4.69) is 58.7 Å². The predicted molar refractivity (Wildman–Crippen MR) is 77.1 cm³/mol. The Hall–Kier alpha value is -0.800. The van der Waals surface area contributed by atoms with Crippen molar-refractivity contribution in [3.8, 4) is 5.75 Å². The summed E-state index contributed by atoms with van der Waals surface area (Å²) in [6.07, 6.45) is 0.970. The summed E-state index contributed by atoms with van der Waals surface area (Å²) >= 11 is 5.29. The number of thiophene rings is 1. The molecule has 0 bridgehead atoms. The highest BCUT2D eigenvalue weighted by atomic mass is 79.9. The highest BCUT2D eigenvalue weighted by molar-refractivity contribution is 9.10. The van der Waals surface area contributed by atoms with Crippen LogP contribution in [0.15, 0.2) is 33.4 Å². The highest BCUT2D eigenvalue weighted by Crippen LogP contribution is 2.26. The van der Waals surface area contributed by atoms with E-state index < -0.39 is 0 Å². The molecule has 0 saturated carbocycles. The molecule has 1 aromatic carbocycles. The lowest BCUT2D eigenvalue weighted by Crippen LogP contribution is -2.01. The van der Waals surface area contributed by atoms with Crippen molar-refractivity contribution < 1.29 is 4.74 Å². The molecule has 3 heteroatoms. The first-order chi connectivity index (χ1) is 8.16. The standard InChI is InChI=1S/C14H15BrOS/c1-10-7-13(8-11(2)14(10)15)16-5-3-12-4-6-17-9-12/h4,6-9H,3,5H2,1-2H3. The van der Waals surface area contributed by atoms with Gasteiger partial charge in [-0.25, -0.2) is 0 Å². The average molecular weight is 311 g/mol. The maximum Gasteiger partial charge on any atom is 0.119 e. The first-order valence-electron chi connectivity index (χ1n) is 5.57. The molecule has 0 aliphatic carbocycles. The Labute approximate surface area is 115 Å². The highest BCUT2D eigenvalue weighted by Gasteiger charge is 2.03. The molecule has 0 radical (unpaired) electrons. The van der Waals surface area contributed by atoms with E-state index >= 15 is 0 Å². The topological polar surface area (TPSA) is 9.23 Å². The molecule has 17 heavy (non-hydrogen) atoms. The van der Waals surface area contributed by atoms with Crippen LogP contribution >= 0.6 is 27.3 Å². The molecule has 2 aromatic rings. The Kier molecular flexibility index (Phi) is 4.24. The van der Waals surface area contributed by atoms with Crippen LogP contribution in [0.1, 0.15) is 16.7 Å². The molecule has 2 rings (SSSR count). The van der Waals surface area contributed by atoms with Gasteiger partial charge in [-0.1, -0.05) is 15.9 Å². The largest absolute Gasteiger partial charge is 0.493 e. The lowest BCUT2D eigenvalue weighted by Gasteiger charge is -2.09. The molecular weight excluding hydrogens is 296 g/mol. The third-order valence-corrected chi connectivity index (χ3v) is 4.63. The Balaban J connectivity index is 1.95. The van der Waals surface area contributed by atoms with Crippen LogP contribution in [0.3, 0.4) is 0 Å². The van der Waals surface area contributed by atoms with Gasteiger partial charge in [-0.2, -0.15) is 11.3 Å². The number of benzene rings is 1. The molecule has 1 nitrogen and oxygen atoms in total. The molecule has 0 fully saturated rings. The second kappa shape index (κ2) is 5.69. The van der Waals surface area contributed by atoms with Crippen LogP contribution in [-0.4, -0.2) is 6.61 Å². The normalized spacial score (nSPS) is 10.5. The molecular formula is C14H15BrOS. The Morgan fingerprint density at radius 2 is 1.94 bits per heavy atom. The van der Waals surface area contributed by atoms with Gasteiger partial charge >= 0.3 is 0 Å². The van der Waals surface area contributed by atoms with Crippen LogP contribution in [0.2, 0.25) is 0 Å². The van der Waals surface area contributed by atoms with E-state index in [1.54, 1.807) is 11.3 Å². The number of hydrogen-bond acceptors (Lipinski definition) is 2. The first-order valence-corrected chi connectivity index (χ1v) is 7.31. The van der Waals surface area contributed by atoms with Crippen LogP contribution < -0.4 is 4.74 Å². The molecule has 0 atom stereocenters. The summed E-state index contributed by atoms with van der Waals surface area (Å²) in [6, 6.07) is 6.29. The third-order valence-electron chi connectivity index (χ3n) is 2.65. The van der Waals surface area contributed by atoms with Gasteiger partial charge in [0.1, 0.15) is 5.75 Å². The minimum absolute atomic E-state index is 0.733. The Morgan fingerprint density at radius 3 is 2.53 bits per heavy atom. The number of hydrogen-bond donors (Lipinski definition) is 0. The zero-order chi connectivity index (χ0) is 12.3. The summed E-state index contributed by atoms with van der Waals surface area (Å²) in [5.41, 5.74) is 3.78. The van der Waals surface area contributed by atoms with E-state index in [1.807, 2.05) is 0 Å². The van der Waals surface area contributed by atoms with Crippen molar-refractivity contribution in [2.24, 2.45) is 0 Å². The zero-order valence-corrected chi connectivity index (χ0v) is 12.4. The number of aryl methyl sites for hydroxylation is 2. The summed E-state index contributed by atoms with van der Waals surface area (Å²) in [4.78, 5) is 0. The van der Waals surface area contributed by atoms with Gasteiger partial charge in [-0.15, -0.1) is 0 Å². The molecule has 1 heterocycles. The molecule has 90 valence electrons. The maximum absolute atomic E-state index is 5.78. The van der Waals surface area contributed by atoms with E-state index in [0.29, 0.717) is 0 Å². The smallest absolute Gasteiger partial charge is 0.119 e. The van der Waals surface area contributed by atoms with Crippen molar-refractivity contribution in [1.29, 1.82) is 0 Å². The quantitative estimate of drug-likeness (QED) is 0.792. The van der Waals surface area contributed by atoms with Gasteiger partial charge in [-0.05, 0) is 59.5 Å². The summed E-state index contributed by atoms with van der Waals surface area (Å²) in [5.74, 6) is 0.957. The van der Waals surface area contributed by atoms with E-state index in [0.717, 1.165) is 18.8 Å². The van der Waals surface area contributed by atoms with Crippen LogP contribution in [0.25, 0.3) is 0 Å². The first kappa shape index (κ1) is 12.7.